The molecule has 2 rings (SSSR count). The Kier molecular flexibility index (Phi) is 4.72. The van der Waals surface area contributed by atoms with E-state index in [9.17, 15) is 4.79 Å². The van der Waals surface area contributed by atoms with E-state index in [1.807, 2.05) is 4.57 Å². The van der Waals surface area contributed by atoms with Crippen LogP contribution in [0.4, 0.5) is 0 Å². The molecular weight excluding hydrogens is 280 g/mol. The minimum atomic E-state index is -0.877. The first-order valence-corrected chi connectivity index (χ1v) is 7.20. The highest BCUT2D eigenvalue weighted by molar-refractivity contribution is 7.99. The van der Waals surface area contributed by atoms with E-state index in [1.165, 1.54) is 0 Å². The summed E-state index contributed by atoms with van der Waals surface area (Å²) in [6.45, 7) is 2.51. The smallest absolute Gasteiger partial charge is 0.313 e. The average Bonchev–Trinajstić information content (AvgIpc) is 2.96. The number of nitrogens with zero attached hydrogens (tertiary/aromatic N) is 6. The van der Waals surface area contributed by atoms with Gasteiger partial charge in [-0.25, -0.2) is 4.98 Å². The lowest BCUT2D eigenvalue weighted by Gasteiger charge is -2.06. The van der Waals surface area contributed by atoms with Crippen LogP contribution in [0.3, 0.4) is 0 Å². The molecule has 2 aromatic rings. The van der Waals surface area contributed by atoms with E-state index in [0.717, 1.165) is 30.4 Å². The highest BCUT2D eigenvalue weighted by Crippen LogP contribution is 2.18. The molecule has 108 valence electrons. The number of carbonyl (C=O) groups is 1. The number of rotatable bonds is 7. The van der Waals surface area contributed by atoms with E-state index in [-0.39, 0.29) is 5.75 Å². The third-order valence-electron chi connectivity index (χ3n) is 2.54. The zero-order valence-electron chi connectivity index (χ0n) is 11.4. The first-order valence-electron chi connectivity index (χ1n) is 6.21. The Morgan fingerprint density at radius 1 is 1.45 bits per heavy atom. The summed E-state index contributed by atoms with van der Waals surface area (Å²) in [5, 5.41) is 21.8. The van der Waals surface area contributed by atoms with Gasteiger partial charge in [0.05, 0.1) is 12.3 Å². The molecule has 0 bridgehead atoms. The highest BCUT2D eigenvalue weighted by atomic mass is 32.2. The van der Waals surface area contributed by atoms with Crippen molar-refractivity contribution in [3.8, 4) is 0 Å². The van der Waals surface area contributed by atoms with Crippen LogP contribution in [0, 0.1) is 0 Å². The summed E-state index contributed by atoms with van der Waals surface area (Å²) in [6, 6.07) is 0. The van der Waals surface area contributed by atoms with Gasteiger partial charge in [0.15, 0.2) is 11.0 Å². The summed E-state index contributed by atoms with van der Waals surface area (Å²) in [7, 11) is 1.80. The fourth-order valence-electron chi connectivity index (χ4n) is 1.72. The zero-order chi connectivity index (χ0) is 14.5. The van der Waals surface area contributed by atoms with Gasteiger partial charge < -0.3 is 5.11 Å². The summed E-state index contributed by atoms with van der Waals surface area (Å²) < 4.78 is 3.51. The molecule has 0 atom stereocenters. The van der Waals surface area contributed by atoms with Crippen LogP contribution in [0.15, 0.2) is 11.5 Å². The molecule has 20 heavy (non-hydrogen) atoms. The molecule has 0 aliphatic carbocycles. The Bertz CT molecular complexity index is 594. The molecule has 0 radical (unpaired) electrons. The molecular formula is C11H16N6O2S. The summed E-state index contributed by atoms with van der Waals surface area (Å²) in [6.07, 6.45) is 3.36. The van der Waals surface area contributed by atoms with Crippen molar-refractivity contribution in [3.05, 3.63) is 18.0 Å². The fourth-order valence-corrected chi connectivity index (χ4v) is 2.39. The largest absolute Gasteiger partial charge is 0.481 e. The summed E-state index contributed by atoms with van der Waals surface area (Å²) in [4.78, 5) is 14.8. The van der Waals surface area contributed by atoms with E-state index in [2.05, 4.69) is 27.2 Å². The molecule has 0 saturated heterocycles. The maximum absolute atomic E-state index is 10.7. The summed E-state index contributed by atoms with van der Waals surface area (Å²) in [5.74, 6) is 0.562. The molecule has 0 aromatic carbocycles. The lowest BCUT2D eigenvalue weighted by atomic mass is 10.3. The highest BCUT2D eigenvalue weighted by Gasteiger charge is 2.15. The normalized spacial score (nSPS) is 10.9. The van der Waals surface area contributed by atoms with Crippen molar-refractivity contribution < 1.29 is 9.90 Å². The molecule has 0 fully saturated rings. The number of hydrogen-bond donors (Lipinski definition) is 1. The van der Waals surface area contributed by atoms with Gasteiger partial charge >= 0.3 is 5.97 Å². The molecule has 2 aromatic heterocycles. The van der Waals surface area contributed by atoms with Crippen molar-refractivity contribution in [2.75, 3.05) is 5.75 Å². The minimum absolute atomic E-state index is 0.0418. The standard InChI is InChI=1S/C11H16N6O2S/c1-3-4-9-13-14-11(20-6-10(18)19)17(9)5-8-12-7-16(2)15-8/h7H,3-6H2,1-2H3,(H,18,19). The second kappa shape index (κ2) is 6.51. The first-order chi connectivity index (χ1) is 9.60. The number of aromatic nitrogens is 6. The Balaban J connectivity index is 2.21. The number of aliphatic carboxylic acids is 1. The number of aryl methyl sites for hydroxylation is 2. The van der Waals surface area contributed by atoms with E-state index in [0.29, 0.717) is 17.5 Å². The van der Waals surface area contributed by atoms with Crippen LogP contribution in [0.5, 0.6) is 0 Å². The van der Waals surface area contributed by atoms with Crippen LogP contribution in [0.1, 0.15) is 25.0 Å². The Morgan fingerprint density at radius 2 is 2.25 bits per heavy atom. The van der Waals surface area contributed by atoms with Gasteiger partial charge in [-0.2, -0.15) is 5.10 Å². The van der Waals surface area contributed by atoms with Crippen molar-refractivity contribution in [3.63, 3.8) is 0 Å². The molecule has 0 spiro atoms. The van der Waals surface area contributed by atoms with Crippen LogP contribution in [-0.2, 0) is 24.8 Å². The molecule has 8 nitrogen and oxygen atoms in total. The molecule has 0 amide bonds. The van der Waals surface area contributed by atoms with Crippen LogP contribution in [-0.4, -0.2) is 46.4 Å². The van der Waals surface area contributed by atoms with Crippen LogP contribution in [0.25, 0.3) is 0 Å². The van der Waals surface area contributed by atoms with Crippen molar-refractivity contribution in [1.82, 2.24) is 29.5 Å². The van der Waals surface area contributed by atoms with Gasteiger partial charge in [-0.15, -0.1) is 10.2 Å². The van der Waals surface area contributed by atoms with E-state index < -0.39 is 5.97 Å². The number of carboxylic acids is 1. The minimum Gasteiger partial charge on any atom is -0.481 e. The SMILES string of the molecule is CCCc1nnc(SCC(=O)O)n1Cc1ncn(C)n1. The molecule has 0 saturated carbocycles. The number of carboxylic acid groups (broad SMARTS) is 1. The predicted octanol–water partition coefficient (Wildman–Crippen LogP) is 0.584. The monoisotopic (exact) mass is 296 g/mol. The second-order valence-corrected chi connectivity index (χ2v) is 5.19. The molecule has 2 heterocycles. The summed E-state index contributed by atoms with van der Waals surface area (Å²) in [5.41, 5.74) is 0. The van der Waals surface area contributed by atoms with Crippen molar-refractivity contribution in [2.45, 2.75) is 31.5 Å². The van der Waals surface area contributed by atoms with Gasteiger partial charge in [-0.1, -0.05) is 18.7 Å². The third kappa shape index (κ3) is 3.56. The maximum Gasteiger partial charge on any atom is 0.313 e. The second-order valence-electron chi connectivity index (χ2n) is 4.25. The van der Waals surface area contributed by atoms with Gasteiger partial charge in [-0.05, 0) is 6.42 Å². The van der Waals surface area contributed by atoms with Crippen LogP contribution >= 0.6 is 11.8 Å². The van der Waals surface area contributed by atoms with Crippen molar-refractivity contribution in [2.24, 2.45) is 7.05 Å². The van der Waals surface area contributed by atoms with Gasteiger partial charge in [0.25, 0.3) is 0 Å². The quantitative estimate of drug-likeness (QED) is 0.746. The summed E-state index contributed by atoms with van der Waals surface area (Å²) >= 11 is 1.16. The Morgan fingerprint density at radius 3 is 2.85 bits per heavy atom. The number of hydrogen-bond acceptors (Lipinski definition) is 6. The molecule has 0 aliphatic heterocycles. The zero-order valence-corrected chi connectivity index (χ0v) is 12.2. The molecule has 0 unspecified atom stereocenters. The predicted molar refractivity (Wildman–Crippen MR) is 72.5 cm³/mol. The van der Waals surface area contributed by atoms with Gasteiger partial charge in [0.2, 0.25) is 0 Å². The Hall–Kier alpha value is -1.90. The lowest BCUT2D eigenvalue weighted by Crippen LogP contribution is -2.09. The fraction of sp³-hybridized carbons (Fsp3) is 0.545. The van der Waals surface area contributed by atoms with Gasteiger partial charge in [0, 0.05) is 13.5 Å². The van der Waals surface area contributed by atoms with Crippen LogP contribution in [0.2, 0.25) is 0 Å². The third-order valence-corrected chi connectivity index (χ3v) is 3.49. The van der Waals surface area contributed by atoms with Crippen molar-refractivity contribution in [1.29, 1.82) is 0 Å². The molecule has 1 N–H and O–H groups in total. The van der Waals surface area contributed by atoms with E-state index in [1.54, 1.807) is 18.1 Å². The first kappa shape index (κ1) is 14.5. The van der Waals surface area contributed by atoms with Crippen LogP contribution < -0.4 is 0 Å². The van der Waals surface area contributed by atoms with Crippen molar-refractivity contribution >= 4 is 17.7 Å². The lowest BCUT2D eigenvalue weighted by molar-refractivity contribution is -0.133. The topological polar surface area (TPSA) is 98.7 Å². The van der Waals surface area contributed by atoms with E-state index in [4.69, 9.17) is 5.11 Å². The average molecular weight is 296 g/mol. The van der Waals surface area contributed by atoms with Gasteiger partial charge in [0.1, 0.15) is 12.2 Å². The Labute approximate surface area is 120 Å². The molecule has 9 heteroatoms. The van der Waals surface area contributed by atoms with E-state index >= 15 is 0 Å². The maximum atomic E-state index is 10.7. The number of thioether (sulfide) groups is 1. The molecule has 0 aliphatic rings. The van der Waals surface area contributed by atoms with Gasteiger partial charge in [-0.3, -0.25) is 14.0 Å².